The highest BCUT2D eigenvalue weighted by molar-refractivity contribution is 8.00. The SMILES string of the molecule is CCCCCCCCCCCC/C=C\C(Sc1nc(C)[nH]c1C(=O)O)C(O)CCC(=O)O. The zero-order valence-electron chi connectivity index (χ0n) is 19.5. The minimum atomic E-state index is -1.11. The molecule has 0 aliphatic carbocycles. The molecule has 182 valence electrons. The zero-order valence-corrected chi connectivity index (χ0v) is 20.3. The van der Waals surface area contributed by atoms with Crippen LogP contribution < -0.4 is 0 Å². The maximum atomic E-state index is 11.4. The van der Waals surface area contributed by atoms with Crippen molar-refractivity contribution in [2.24, 2.45) is 0 Å². The molecule has 7 nitrogen and oxygen atoms in total. The number of aliphatic hydroxyl groups is 1. The van der Waals surface area contributed by atoms with Crippen LogP contribution in [0.1, 0.15) is 107 Å². The van der Waals surface area contributed by atoms with E-state index in [9.17, 15) is 19.8 Å². The number of thioether (sulfide) groups is 1. The second-order valence-corrected chi connectivity index (χ2v) is 9.46. The van der Waals surface area contributed by atoms with Crippen LogP contribution in [0.25, 0.3) is 0 Å². The van der Waals surface area contributed by atoms with Gasteiger partial charge in [0.1, 0.15) is 10.9 Å². The Morgan fingerprint density at radius 2 is 1.62 bits per heavy atom. The fourth-order valence-corrected chi connectivity index (χ4v) is 4.68. The fraction of sp³-hybridized carbons (Fsp3) is 0.708. The number of aromatic nitrogens is 2. The number of nitrogens with one attached hydrogen (secondary N) is 1. The smallest absolute Gasteiger partial charge is 0.355 e. The molecular weight excluding hydrogens is 428 g/mol. The molecule has 0 spiro atoms. The van der Waals surface area contributed by atoms with Gasteiger partial charge in [0, 0.05) is 6.42 Å². The monoisotopic (exact) mass is 468 g/mol. The number of carboxylic acid groups (broad SMARTS) is 2. The van der Waals surface area contributed by atoms with E-state index in [2.05, 4.69) is 16.9 Å². The number of carbonyl (C=O) groups is 2. The van der Waals surface area contributed by atoms with E-state index in [-0.39, 0.29) is 18.5 Å². The second-order valence-electron chi connectivity index (χ2n) is 8.29. The Balaban J connectivity index is 2.48. The highest BCUT2D eigenvalue weighted by Gasteiger charge is 2.24. The molecule has 1 aromatic heterocycles. The van der Waals surface area contributed by atoms with Crippen molar-refractivity contribution in [2.45, 2.75) is 114 Å². The summed E-state index contributed by atoms with van der Waals surface area (Å²) in [5, 5.41) is 28.6. The normalized spacial score (nSPS) is 13.5. The number of aliphatic hydroxyl groups excluding tert-OH is 1. The van der Waals surface area contributed by atoms with Crippen molar-refractivity contribution in [3.05, 3.63) is 23.7 Å². The molecule has 0 saturated heterocycles. The van der Waals surface area contributed by atoms with Gasteiger partial charge in [-0.1, -0.05) is 88.6 Å². The first-order valence-corrected chi connectivity index (χ1v) is 12.8. The topological polar surface area (TPSA) is 124 Å². The van der Waals surface area contributed by atoms with E-state index in [1.54, 1.807) is 6.92 Å². The molecule has 4 N–H and O–H groups in total. The number of allylic oxidation sites excluding steroid dienone is 1. The molecule has 0 radical (unpaired) electrons. The van der Waals surface area contributed by atoms with E-state index in [1.807, 2.05) is 12.2 Å². The lowest BCUT2D eigenvalue weighted by molar-refractivity contribution is -0.137. The summed E-state index contributed by atoms with van der Waals surface area (Å²) in [7, 11) is 0. The first kappa shape index (κ1) is 28.2. The number of carboxylic acids is 2. The summed E-state index contributed by atoms with van der Waals surface area (Å²) in [5.41, 5.74) is -0.00831. The average Bonchev–Trinajstić information content (AvgIpc) is 3.12. The number of rotatable bonds is 19. The number of aliphatic carboxylic acids is 1. The van der Waals surface area contributed by atoms with Crippen molar-refractivity contribution in [1.82, 2.24) is 9.97 Å². The third kappa shape index (κ3) is 12.3. The third-order valence-corrected chi connectivity index (χ3v) is 6.60. The lowest BCUT2D eigenvalue weighted by Gasteiger charge is -2.18. The van der Waals surface area contributed by atoms with E-state index in [0.717, 1.165) is 24.6 Å². The molecule has 0 aliphatic heterocycles. The number of unbranched alkanes of at least 4 members (excludes halogenated alkanes) is 10. The zero-order chi connectivity index (χ0) is 23.8. The molecule has 0 fully saturated rings. The Morgan fingerprint density at radius 1 is 1.03 bits per heavy atom. The highest BCUT2D eigenvalue weighted by atomic mass is 32.2. The van der Waals surface area contributed by atoms with Crippen LogP contribution in [0.5, 0.6) is 0 Å². The number of imidazole rings is 1. The van der Waals surface area contributed by atoms with Crippen molar-refractivity contribution in [3.63, 3.8) is 0 Å². The number of H-pyrrole nitrogens is 1. The predicted molar refractivity (Wildman–Crippen MR) is 128 cm³/mol. The molecule has 1 aromatic rings. The van der Waals surface area contributed by atoms with Gasteiger partial charge in [-0.15, -0.1) is 0 Å². The van der Waals surface area contributed by atoms with Crippen molar-refractivity contribution >= 4 is 23.7 Å². The van der Waals surface area contributed by atoms with Gasteiger partial charge in [0.15, 0.2) is 5.69 Å². The molecule has 1 heterocycles. The van der Waals surface area contributed by atoms with Crippen molar-refractivity contribution < 1.29 is 24.9 Å². The van der Waals surface area contributed by atoms with Crippen molar-refractivity contribution in [2.75, 3.05) is 0 Å². The molecule has 0 saturated carbocycles. The molecule has 0 aromatic carbocycles. The molecule has 0 aliphatic rings. The predicted octanol–water partition coefficient (Wildman–Crippen LogP) is 5.97. The van der Waals surface area contributed by atoms with Gasteiger partial charge in [0.2, 0.25) is 0 Å². The quantitative estimate of drug-likeness (QED) is 0.112. The average molecular weight is 469 g/mol. The van der Waals surface area contributed by atoms with E-state index >= 15 is 0 Å². The summed E-state index contributed by atoms with van der Waals surface area (Å²) in [6.45, 7) is 3.91. The highest BCUT2D eigenvalue weighted by Crippen LogP contribution is 2.30. The second kappa shape index (κ2) is 16.8. The summed E-state index contributed by atoms with van der Waals surface area (Å²) >= 11 is 1.15. The molecule has 0 amide bonds. The van der Waals surface area contributed by atoms with E-state index in [0.29, 0.717) is 10.9 Å². The molecule has 1 rings (SSSR count). The lowest BCUT2D eigenvalue weighted by atomic mass is 10.1. The molecule has 8 heteroatoms. The standard InChI is InChI=1S/C24H40N2O5S/c1-3-4-5-6-7-8-9-10-11-12-13-14-15-20(19(27)16-17-21(28)29)32-23-22(24(30)31)25-18(2)26-23/h14-15,19-20,27H,3-13,16-17H2,1-2H3,(H,25,26)(H,28,29)(H,30,31)/b15-14-. The largest absolute Gasteiger partial charge is 0.481 e. The van der Waals surface area contributed by atoms with Crippen LogP contribution in [0.4, 0.5) is 0 Å². The first-order chi connectivity index (χ1) is 15.3. The van der Waals surface area contributed by atoms with Crippen LogP contribution in [-0.2, 0) is 4.79 Å². The van der Waals surface area contributed by atoms with Crippen molar-refractivity contribution in [1.29, 1.82) is 0 Å². The van der Waals surface area contributed by atoms with Gasteiger partial charge in [0.05, 0.1) is 11.4 Å². The van der Waals surface area contributed by atoms with Gasteiger partial charge in [-0.3, -0.25) is 4.79 Å². The summed E-state index contributed by atoms with van der Waals surface area (Å²) in [5.74, 6) is -1.59. The van der Waals surface area contributed by atoms with Crippen LogP contribution in [-0.4, -0.2) is 48.6 Å². The number of hydrogen-bond acceptors (Lipinski definition) is 5. The molecule has 2 atom stereocenters. The third-order valence-electron chi connectivity index (χ3n) is 5.33. The number of nitrogens with zero attached hydrogens (tertiary/aromatic N) is 1. The Bertz CT molecular complexity index is 705. The Hall–Kier alpha value is -1.80. The van der Waals surface area contributed by atoms with Gasteiger partial charge in [-0.05, 0) is 26.2 Å². The molecule has 0 bridgehead atoms. The van der Waals surface area contributed by atoms with E-state index < -0.39 is 23.3 Å². The first-order valence-electron chi connectivity index (χ1n) is 11.9. The van der Waals surface area contributed by atoms with Gasteiger partial charge in [-0.2, -0.15) is 0 Å². The van der Waals surface area contributed by atoms with Gasteiger partial charge < -0.3 is 20.3 Å². The summed E-state index contributed by atoms with van der Waals surface area (Å²) < 4.78 is 0. The number of aromatic carboxylic acids is 1. The molecule has 32 heavy (non-hydrogen) atoms. The van der Waals surface area contributed by atoms with Crippen molar-refractivity contribution in [3.8, 4) is 0 Å². The van der Waals surface area contributed by atoms with Crippen LogP contribution in [0, 0.1) is 6.92 Å². The summed E-state index contributed by atoms with van der Waals surface area (Å²) in [6, 6.07) is 0. The van der Waals surface area contributed by atoms with Crippen LogP contribution >= 0.6 is 11.8 Å². The van der Waals surface area contributed by atoms with Gasteiger partial charge in [0.25, 0.3) is 0 Å². The van der Waals surface area contributed by atoms with Crippen LogP contribution in [0.15, 0.2) is 17.2 Å². The summed E-state index contributed by atoms with van der Waals surface area (Å²) in [4.78, 5) is 29.3. The van der Waals surface area contributed by atoms with E-state index in [1.165, 1.54) is 57.8 Å². The van der Waals surface area contributed by atoms with Gasteiger partial charge >= 0.3 is 11.9 Å². The molecule has 2 unspecified atom stereocenters. The van der Waals surface area contributed by atoms with E-state index in [4.69, 9.17) is 5.11 Å². The number of aryl methyl sites for hydroxylation is 1. The van der Waals surface area contributed by atoms with Gasteiger partial charge in [-0.25, -0.2) is 9.78 Å². The maximum absolute atomic E-state index is 11.4. The minimum absolute atomic E-state index is 0.00831. The number of aromatic amines is 1. The Morgan fingerprint density at radius 3 is 2.19 bits per heavy atom. The Kier molecular flexibility index (Phi) is 14.8. The number of hydrogen-bond donors (Lipinski definition) is 4. The molecular formula is C24H40N2O5S. The maximum Gasteiger partial charge on any atom is 0.355 e. The minimum Gasteiger partial charge on any atom is -0.481 e. The van der Waals surface area contributed by atoms with Crippen LogP contribution in [0.3, 0.4) is 0 Å². The Labute approximate surface area is 196 Å². The lowest BCUT2D eigenvalue weighted by Crippen LogP contribution is -2.22. The van der Waals surface area contributed by atoms with Crippen LogP contribution in [0.2, 0.25) is 0 Å². The summed E-state index contributed by atoms with van der Waals surface area (Å²) in [6.07, 6.45) is 16.5. The fourth-order valence-electron chi connectivity index (χ4n) is 3.49.